The molecule has 2 unspecified atom stereocenters. The molecule has 2 heterocycles. The second kappa shape index (κ2) is 5.26. The Balaban J connectivity index is 2.18. The van der Waals surface area contributed by atoms with Crippen molar-refractivity contribution >= 4 is 28.5 Å². The molecule has 2 atom stereocenters. The quantitative estimate of drug-likeness (QED) is 0.866. The number of hydrogen-bond acceptors (Lipinski definition) is 2. The first-order chi connectivity index (χ1) is 9.97. The SMILES string of the molecule is CC(Cl)c1nc2c(F)cc(F)cc2n1C1CCC(=O)NC1. The van der Waals surface area contributed by atoms with E-state index in [0.717, 1.165) is 6.07 Å². The molecule has 1 fully saturated rings. The Bertz CT molecular complexity index is 704. The van der Waals surface area contributed by atoms with Gasteiger partial charge >= 0.3 is 0 Å². The minimum atomic E-state index is -0.706. The Kier molecular flexibility index (Phi) is 3.57. The summed E-state index contributed by atoms with van der Waals surface area (Å²) in [6, 6.07) is 1.96. The van der Waals surface area contributed by atoms with Gasteiger partial charge in [0.15, 0.2) is 5.82 Å². The summed E-state index contributed by atoms with van der Waals surface area (Å²) in [6.45, 7) is 2.13. The summed E-state index contributed by atoms with van der Waals surface area (Å²) in [4.78, 5) is 15.5. The summed E-state index contributed by atoms with van der Waals surface area (Å²) < 4.78 is 29.2. The number of piperidine rings is 1. The first-order valence-electron chi connectivity index (χ1n) is 6.75. The first-order valence-corrected chi connectivity index (χ1v) is 7.18. The average Bonchev–Trinajstić information content (AvgIpc) is 2.79. The van der Waals surface area contributed by atoms with Gasteiger partial charge in [-0.1, -0.05) is 0 Å². The van der Waals surface area contributed by atoms with Crippen molar-refractivity contribution in [2.75, 3.05) is 6.54 Å². The smallest absolute Gasteiger partial charge is 0.220 e. The van der Waals surface area contributed by atoms with Crippen LogP contribution in [0.25, 0.3) is 11.0 Å². The van der Waals surface area contributed by atoms with E-state index in [2.05, 4.69) is 10.3 Å². The van der Waals surface area contributed by atoms with Gasteiger partial charge < -0.3 is 9.88 Å². The van der Waals surface area contributed by atoms with Crippen LogP contribution in [0.5, 0.6) is 0 Å². The van der Waals surface area contributed by atoms with E-state index < -0.39 is 17.0 Å². The van der Waals surface area contributed by atoms with Gasteiger partial charge in [0, 0.05) is 19.0 Å². The standard InChI is InChI=1S/C14H14ClF2N3O/c1-7(15)14-19-13-10(17)4-8(16)5-11(13)20(14)9-2-3-12(21)18-6-9/h4-5,7,9H,2-3,6H2,1H3,(H,18,21). The minimum absolute atomic E-state index is 0.0199. The van der Waals surface area contributed by atoms with Crippen LogP contribution in [0.15, 0.2) is 12.1 Å². The van der Waals surface area contributed by atoms with Crippen molar-refractivity contribution in [3.63, 3.8) is 0 Å². The second-order valence-corrected chi connectivity index (χ2v) is 5.86. The molecule has 1 aliphatic rings. The van der Waals surface area contributed by atoms with Crippen LogP contribution in [0, 0.1) is 11.6 Å². The van der Waals surface area contributed by atoms with Crippen molar-refractivity contribution in [1.29, 1.82) is 0 Å². The molecular formula is C14H14ClF2N3O. The number of nitrogens with one attached hydrogen (secondary N) is 1. The number of hydrogen-bond donors (Lipinski definition) is 1. The summed E-state index contributed by atoms with van der Waals surface area (Å²) in [5.41, 5.74) is 0.479. The number of carbonyl (C=O) groups excluding carboxylic acids is 1. The predicted octanol–water partition coefficient (Wildman–Crippen LogP) is 3.07. The van der Waals surface area contributed by atoms with E-state index in [4.69, 9.17) is 11.6 Å². The van der Waals surface area contributed by atoms with E-state index in [0.29, 0.717) is 30.7 Å². The van der Waals surface area contributed by atoms with Gasteiger partial charge in [-0.25, -0.2) is 13.8 Å². The normalized spacial score (nSPS) is 20.6. The molecule has 3 rings (SSSR count). The molecule has 0 saturated carbocycles. The zero-order chi connectivity index (χ0) is 15.1. The number of halogens is 3. The topological polar surface area (TPSA) is 46.9 Å². The molecule has 1 amide bonds. The number of nitrogens with zero attached hydrogens (tertiary/aromatic N) is 2. The fourth-order valence-electron chi connectivity index (χ4n) is 2.74. The summed E-state index contributed by atoms with van der Waals surface area (Å²) in [5.74, 6) is -0.900. The van der Waals surface area contributed by atoms with Crippen molar-refractivity contribution in [3.8, 4) is 0 Å². The number of imidazole rings is 1. The zero-order valence-electron chi connectivity index (χ0n) is 11.4. The van der Waals surface area contributed by atoms with Crippen molar-refractivity contribution in [2.45, 2.75) is 31.2 Å². The second-order valence-electron chi connectivity index (χ2n) is 5.21. The highest BCUT2D eigenvalue weighted by molar-refractivity contribution is 6.20. The van der Waals surface area contributed by atoms with Crippen LogP contribution in [0.4, 0.5) is 8.78 Å². The number of aromatic nitrogens is 2. The molecule has 1 saturated heterocycles. The third-order valence-corrected chi connectivity index (χ3v) is 3.90. The average molecular weight is 314 g/mol. The molecule has 1 aliphatic heterocycles. The fraction of sp³-hybridized carbons (Fsp3) is 0.429. The summed E-state index contributed by atoms with van der Waals surface area (Å²) in [6.07, 6.45) is 0.963. The van der Waals surface area contributed by atoms with Crippen molar-refractivity contribution in [1.82, 2.24) is 14.9 Å². The third kappa shape index (κ3) is 2.48. The number of benzene rings is 1. The molecule has 112 valence electrons. The van der Waals surface area contributed by atoms with E-state index in [1.165, 1.54) is 6.07 Å². The van der Waals surface area contributed by atoms with Crippen LogP contribution in [0.1, 0.15) is 37.0 Å². The van der Waals surface area contributed by atoms with Gasteiger partial charge in [0.25, 0.3) is 0 Å². The largest absolute Gasteiger partial charge is 0.354 e. The summed E-state index contributed by atoms with van der Waals surface area (Å²) in [7, 11) is 0. The van der Waals surface area contributed by atoms with Crippen LogP contribution in [0.2, 0.25) is 0 Å². The van der Waals surface area contributed by atoms with E-state index >= 15 is 0 Å². The van der Waals surface area contributed by atoms with E-state index in [-0.39, 0.29) is 17.5 Å². The monoisotopic (exact) mass is 313 g/mol. The highest BCUT2D eigenvalue weighted by Gasteiger charge is 2.27. The molecule has 1 aromatic heterocycles. The van der Waals surface area contributed by atoms with Crippen molar-refractivity contribution in [2.24, 2.45) is 0 Å². The van der Waals surface area contributed by atoms with E-state index in [1.54, 1.807) is 11.5 Å². The summed E-state index contributed by atoms with van der Waals surface area (Å²) in [5, 5.41) is 2.32. The maximum atomic E-state index is 13.9. The molecule has 7 heteroatoms. The lowest BCUT2D eigenvalue weighted by Crippen LogP contribution is -2.36. The highest BCUT2D eigenvalue weighted by atomic mass is 35.5. The number of amides is 1. The Morgan fingerprint density at radius 1 is 1.48 bits per heavy atom. The first kappa shape index (κ1) is 14.3. The Hall–Kier alpha value is -1.69. The van der Waals surface area contributed by atoms with E-state index in [9.17, 15) is 13.6 Å². The Labute approximate surface area is 125 Å². The van der Waals surface area contributed by atoms with Gasteiger partial charge in [-0.2, -0.15) is 0 Å². The zero-order valence-corrected chi connectivity index (χ0v) is 12.1. The highest BCUT2D eigenvalue weighted by Crippen LogP contribution is 2.32. The number of alkyl halides is 1. The van der Waals surface area contributed by atoms with Crippen LogP contribution in [-0.4, -0.2) is 22.0 Å². The van der Waals surface area contributed by atoms with Gasteiger partial charge in [0.05, 0.1) is 16.9 Å². The fourth-order valence-corrected chi connectivity index (χ4v) is 2.90. The molecule has 21 heavy (non-hydrogen) atoms. The van der Waals surface area contributed by atoms with Gasteiger partial charge in [-0.3, -0.25) is 4.79 Å². The number of carbonyl (C=O) groups is 1. The summed E-state index contributed by atoms with van der Waals surface area (Å²) >= 11 is 6.13. The molecular weight excluding hydrogens is 300 g/mol. The third-order valence-electron chi connectivity index (χ3n) is 3.70. The maximum absolute atomic E-state index is 13.9. The predicted molar refractivity (Wildman–Crippen MR) is 75.2 cm³/mol. The van der Waals surface area contributed by atoms with Crippen LogP contribution in [-0.2, 0) is 4.79 Å². The Morgan fingerprint density at radius 3 is 2.86 bits per heavy atom. The molecule has 0 spiro atoms. The van der Waals surface area contributed by atoms with Gasteiger partial charge in [-0.15, -0.1) is 11.6 Å². The minimum Gasteiger partial charge on any atom is -0.354 e. The molecule has 0 radical (unpaired) electrons. The van der Waals surface area contributed by atoms with Gasteiger partial charge in [0.2, 0.25) is 5.91 Å². The molecule has 4 nitrogen and oxygen atoms in total. The maximum Gasteiger partial charge on any atom is 0.220 e. The lowest BCUT2D eigenvalue weighted by molar-refractivity contribution is -0.122. The number of fused-ring (bicyclic) bond motifs is 1. The molecule has 0 aliphatic carbocycles. The van der Waals surface area contributed by atoms with E-state index in [1.807, 2.05) is 0 Å². The molecule has 1 aromatic carbocycles. The lowest BCUT2D eigenvalue weighted by atomic mass is 10.1. The molecule has 0 bridgehead atoms. The molecule has 1 N–H and O–H groups in total. The Morgan fingerprint density at radius 2 is 2.24 bits per heavy atom. The van der Waals surface area contributed by atoms with Crippen LogP contribution < -0.4 is 5.32 Å². The van der Waals surface area contributed by atoms with Crippen molar-refractivity contribution < 1.29 is 13.6 Å². The van der Waals surface area contributed by atoms with Crippen LogP contribution in [0.3, 0.4) is 0 Å². The van der Waals surface area contributed by atoms with Gasteiger partial charge in [0.1, 0.15) is 17.2 Å². The number of rotatable bonds is 2. The van der Waals surface area contributed by atoms with Gasteiger partial charge in [-0.05, 0) is 19.4 Å². The van der Waals surface area contributed by atoms with Crippen LogP contribution >= 0.6 is 11.6 Å². The molecule has 2 aromatic rings. The van der Waals surface area contributed by atoms with Crippen molar-refractivity contribution in [3.05, 3.63) is 29.6 Å². The lowest BCUT2D eigenvalue weighted by Gasteiger charge is -2.26.